The summed E-state index contributed by atoms with van der Waals surface area (Å²) in [6, 6.07) is 5.35. The zero-order valence-electron chi connectivity index (χ0n) is 12.2. The molecule has 0 aromatic carbocycles. The minimum Gasteiger partial charge on any atom is -0.456 e. The van der Waals surface area contributed by atoms with Crippen molar-refractivity contribution in [3.63, 3.8) is 0 Å². The van der Waals surface area contributed by atoms with E-state index in [1.807, 2.05) is 17.7 Å². The van der Waals surface area contributed by atoms with Crippen molar-refractivity contribution in [2.45, 2.75) is 13.3 Å². The summed E-state index contributed by atoms with van der Waals surface area (Å²) >= 11 is 5.17. The first kappa shape index (κ1) is 14.4. The van der Waals surface area contributed by atoms with Gasteiger partial charge in [-0.2, -0.15) is 0 Å². The number of hydrogen-bond acceptors (Lipinski definition) is 5. The fourth-order valence-corrected chi connectivity index (χ4v) is 2.34. The Hall–Kier alpha value is -2.54. The van der Waals surface area contributed by atoms with Crippen LogP contribution in [0.2, 0.25) is 0 Å². The number of ketones is 1. The molecule has 0 saturated heterocycles. The third-order valence-corrected chi connectivity index (χ3v) is 3.56. The number of Topliss-reactive ketones (excluding diaryl/α,β-unsaturated/α-hetero) is 1. The minimum absolute atomic E-state index is 0.0602. The van der Waals surface area contributed by atoms with Gasteiger partial charge in [-0.1, -0.05) is 0 Å². The van der Waals surface area contributed by atoms with Crippen LogP contribution in [0, 0.1) is 4.77 Å². The van der Waals surface area contributed by atoms with Gasteiger partial charge in [0.15, 0.2) is 10.4 Å². The van der Waals surface area contributed by atoms with Gasteiger partial charge in [-0.3, -0.25) is 9.78 Å². The summed E-state index contributed by atoms with van der Waals surface area (Å²) in [5, 5.41) is 0. The molecule has 112 valence electrons. The number of fused-ring (bicyclic) bond motifs is 1. The second-order valence-corrected chi connectivity index (χ2v) is 5.38. The fraction of sp³-hybridized carbons (Fsp3) is 0.200. The van der Waals surface area contributed by atoms with Gasteiger partial charge in [0.05, 0.1) is 17.4 Å². The van der Waals surface area contributed by atoms with Gasteiger partial charge in [0.2, 0.25) is 0 Å². The molecule has 1 N–H and O–H groups in total. The minimum atomic E-state index is 0.0602. The second-order valence-electron chi connectivity index (χ2n) is 4.99. The first-order chi connectivity index (χ1) is 10.5. The number of ether oxygens (including phenoxy) is 1. The van der Waals surface area contributed by atoms with Gasteiger partial charge in [0.25, 0.3) is 0 Å². The highest BCUT2D eigenvalue weighted by Crippen LogP contribution is 2.24. The summed E-state index contributed by atoms with van der Waals surface area (Å²) in [4.78, 5) is 22.6. The van der Waals surface area contributed by atoms with E-state index < -0.39 is 0 Å². The van der Waals surface area contributed by atoms with E-state index in [4.69, 9.17) is 17.0 Å². The summed E-state index contributed by atoms with van der Waals surface area (Å²) in [5.41, 5.74) is 2.26. The molecule has 0 aliphatic carbocycles. The number of carbonyl (C=O) groups is 1. The molecule has 0 amide bonds. The Morgan fingerprint density at radius 2 is 2.18 bits per heavy atom. The number of nitrogens with one attached hydrogen (secondary N) is 1. The van der Waals surface area contributed by atoms with Crippen LogP contribution in [0.5, 0.6) is 11.5 Å². The van der Waals surface area contributed by atoms with Crippen molar-refractivity contribution in [2.75, 3.05) is 0 Å². The van der Waals surface area contributed by atoms with E-state index in [-0.39, 0.29) is 5.78 Å². The van der Waals surface area contributed by atoms with E-state index in [0.29, 0.717) is 34.0 Å². The molecule has 0 aliphatic rings. The lowest BCUT2D eigenvalue weighted by Gasteiger charge is -2.06. The maximum atomic E-state index is 11.2. The molecule has 3 rings (SSSR count). The number of nitrogens with zero attached hydrogens (tertiary/aromatic N) is 3. The highest BCUT2D eigenvalue weighted by molar-refractivity contribution is 7.71. The van der Waals surface area contributed by atoms with Gasteiger partial charge in [-0.25, -0.2) is 4.98 Å². The van der Waals surface area contributed by atoms with Crippen molar-refractivity contribution >= 4 is 29.2 Å². The van der Waals surface area contributed by atoms with E-state index in [2.05, 4.69) is 15.0 Å². The molecule has 0 atom stereocenters. The predicted octanol–water partition coefficient (Wildman–Crippen LogP) is 2.95. The molecule has 22 heavy (non-hydrogen) atoms. The van der Waals surface area contributed by atoms with Crippen LogP contribution >= 0.6 is 12.2 Å². The molecule has 0 spiro atoms. The highest BCUT2D eigenvalue weighted by atomic mass is 32.1. The molecule has 0 bridgehead atoms. The van der Waals surface area contributed by atoms with E-state index in [0.717, 1.165) is 5.52 Å². The van der Waals surface area contributed by atoms with Gasteiger partial charge in [0.1, 0.15) is 17.3 Å². The lowest BCUT2D eigenvalue weighted by atomic mass is 10.2. The lowest BCUT2D eigenvalue weighted by Crippen LogP contribution is -1.99. The number of pyridine rings is 2. The van der Waals surface area contributed by atoms with Crippen LogP contribution in [-0.2, 0) is 18.3 Å². The third kappa shape index (κ3) is 2.89. The van der Waals surface area contributed by atoms with E-state index in [1.165, 1.54) is 6.92 Å². The summed E-state index contributed by atoms with van der Waals surface area (Å²) in [7, 11) is 1.87. The normalized spacial score (nSPS) is 10.8. The van der Waals surface area contributed by atoms with Crippen LogP contribution in [0.3, 0.4) is 0 Å². The summed E-state index contributed by atoms with van der Waals surface area (Å²) in [5.74, 6) is 1.27. The number of H-pyrrole nitrogens is 1. The smallest absolute Gasteiger partial charge is 0.179 e. The predicted molar refractivity (Wildman–Crippen MR) is 84.6 cm³/mol. The number of aromatic amines is 1. The van der Waals surface area contributed by atoms with Crippen LogP contribution in [0.15, 0.2) is 30.6 Å². The van der Waals surface area contributed by atoms with Crippen molar-refractivity contribution in [2.24, 2.45) is 7.05 Å². The Bertz CT molecular complexity index is 913. The first-order valence-electron chi connectivity index (χ1n) is 6.70. The monoisotopic (exact) mass is 314 g/mol. The first-order valence-corrected chi connectivity index (χ1v) is 7.11. The van der Waals surface area contributed by atoms with Crippen molar-refractivity contribution in [3.8, 4) is 11.5 Å². The molecule has 3 aromatic heterocycles. The van der Waals surface area contributed by atoms with Crippen LogP contribution in [0.4, 0.5) is 0 Å². The number of hydrogen-bond donors (Lipinski definition) is 1. The number of rotatable bonds is 4. The van der Waals surface area contributed by atoms with E-state index >= 15 is 0 Å². The number of imidazole rings is 1. The topological polar surface area (TPSA) is 72.8 Å². The van der Waals surface area contributed by atoms with Crippen molar-refractivity contribution in [1.29, 1.82) is 0 Å². The second kappa shape index (κ2) is 5.69. The zero-order valence-corrected chi connectivity index (χ0v) is 13.0. The van der Waals surface area contributed by atoms with Crippen molar-refractivity contribution in [1.82, 2.24) is 19.5 Å². The number of aryl methyl sites for hydroxylation is 1. The molecular formula is C15H14N4O2S. The molecule has 6 nitrogen and oxygen atoms in total. The Balaban J connectivity index is 1.91. The molecule has 3 aromatic rings. The van der Waals surface area contributed by atoms with Gasteiger partial charge >= 0.3 is 0 Å². The van der Waals surface area contributed by atoms with E-state index in [9.17, 15) is 4.79 Å². The highest BCUT2D eigenvalue weighted by Gasteiger charge is 2.07. The average molecular weight is 314 g/mol. The van der Waals surface area contributed by atoms with Crippen LogP contribution in [-0.4, -0.2) is 25.3 Å². The maximum absolute atomic E-state index is 11.2. The molecular weight excluding hydrogens is 300 g/mol. The third-order valence-electron chi connectivity index (χ3n) is 3.19. The Morgan fingerprint density at radius 1 is 1.36 bits per heavy atom. The lowest BCUT2D eigenvalue weighted by molar-refractivity contribution is -0.116. The molecule has 0 fully saturated rings. The molecule has 3 heterocycles. The molecule has 7 heteroatoms. The van der Waals surface area contributed by atoms with Crippen molar-refractivity contribution < 1.29 is 9.53 Å². The Labute approximate surface area is 131 Å². The summed E-state index contributed by atoms with van der Waals surface area (Å²) in [6.07, 6.45) is 3.54. The number of aromatic nitrogens is 4. The van der Waals surface area contributed by atoms with E-state index in [1.54, 1.807) is 24.5 Å². The Kier molecular flexibility index (Phi) is 3.72. The quantitative estimate of drug-likeness (QED) is 0.750. The number of carbonyl (C=O) groups excluding carboxylic acids is 1. The van der Waals surface area contributed by atoms with Crippen LogP contribution in [0.1, 0.15) is 12.6 Å². The average Bonchev–Trinajstić information content (AvgIpc) is 2.74. The van der Waals surface area contributed by atoms with Gasteiger partial charge in [-0.05, 0) is 25.2 Å². The van der Waals surface area contributed by atoms with Crippen LogP contribution < -0.4 is 4.74 Å². The maximum Gasteiger partial charge on any atom is 0.179 e. The zero-order chi connectivity index (χ0) is 15.7. The van der Waals surface area contributed by atoms with Gasteiger partial charge in [0, 0.05) is 31.8 Å². The fourth-order valence-electron chi connectivity index (χ4n) is 2.14. The van der Waals surface area contributed by atoms with Crippen LogP contribution in [0.25, 0.3) is 11.2 Å². The Morgan fingerprint density at radius 3 is 2.95 bits per heavy atom. The SMILES string of the molecule is CC(=O)Cc1cc(Oc2cnc3[nH]c(=S)n(C)c3c2)ccn1. The summed E-state index contributed by atoms with van der Waals surface area (Å²) < 4.78 is 8.23. The van der Waals surface area contributed by atoms with Crippen molar-refractivity contribution in [3.05, 3.63) is 41.1 Å². The van der Waals surface area contributed by atoms with Gasteiger partial charge in [-0.15, -0.1) is 0 Å². The molecule has 0 radical (unpaired) electrons. The largest absolute Gasteiger partial charge is 0.456 e. The molecule has 0 aliphatic heterocycles. The standard InChI is InChI=1S/C15H14N4O2S/c1-9(20)5-10-6-11(3-4-16-10)21-12-7-13-14(17-8-12)18-15(22)19(13)2/h3-4,6-8H,5H2,1-2H3,(H,17,18,22). The van der Waals surface area contributed by atoms with Gasteiger partial charge < -0.3 is 14.3 Å². The summed E-state index contributed by atoms with van der Waals surface area (Å²) in [6.45, 7) is 1.53. The molecule has 0 unspecified atom stereocenters. The molecule has 0 saturated carbocycles.